The van der Waals surface area contributed by atoms with Gasteiger partial charge in [-0.05, 0) is 6.42 Å². The first kappa shape index (κ1) is 13.2. The summed E-state index contributed by atoms with van der Waals surface area (Å²) in [5.74, 6) is -0.493. The van der Waals surface area contributed by atoms with Gasteiger partial charge in [0.05, 0.1) is 19.8 Å². The number of aliphatic hydroxyl groups excluding tert-OH is 1. The van der Waals surface area contributed by atoms with Crippen molar-refractivity contribution in [3.63, 3.8) is 0 Å². The van der Waals surface area contributed by atoms with Crippen LogP contribution in [0.3, 0.4) is 0 Å². The SMILES string of the molecule is COC(=O)CCC(O)COC(C)(F)F. The number of rotatable bonds is 6. The zero-order valence-electron chi connectivity index (χ0n) is 8.13. The van der Waals surface area contributed by atoms with Crippen LogP contribution in [-0.2, 0) is 14.3 Å². The monoisotopic (exact) mass is 212 g/mol. The lowest BCUT2D eigenvalue weighted by Crippen LogP contribution is -2.24. The third-order valence-corrected chi connectivity index (χ3v) is 1.44. The Balaban J connectivity index is 3.56. The molecule has 0 aliphatic heterocycles. The van der Waals surface area contributed by atoms with Crippen LogP contribution in [0.25, 0.3) is 0 Å². The third-order valence-electron chi connectivity index (χ3n) is 1.44. The number of aliphatic hydroxyl groups is 1. The van der Waals surface area contributed by atoms with Gasteiger partial charge in [-0.15, -0.1) is 0 Å². The van der Waals surface area contributed by atoms with Crippen molar-refractivity contribution in [1.82, 2.24) is 0 Å². The Morgan fingerprint density at radius 3 is 2.57 bits per heavy atom. The van der Waals surface area contributed by atoms with Gasteiger partial charge in [0, 0.05) is 13.3 Å². The van der Waals surface area contributed by atoms with Gasteiger partial charge in [-0.2, -0.15) is 8.78 Å². The van der Waals surface area contributed by atoms with Crippen molar-refractivity contribution >= 4 is 5.97 Å². The van der Waals surface area contributed by atoms with E-state index in [4.69, 9.17) is 5.11 Å². The molecule has 1 atom stereocenters. The van der Waals surface area contributed by atoms with Crippen molar-refractivity contribution < 1.29 is 28.2 Å². The lowest BCUT2D eigenvalue weighted by Gasteiger charge is -2.14. The van der Waals surface area contributed by atoms with E-state index < -0.39 is 24.8 Å². The van der Waals surface area contributed by atoms with Gasteiger partial charge in [0.25, 0.3) is 0 Å². The molecule has 0 aliphatic rings. The molecule has 1 unspecified atom stereocenters. The number of hydrogen-bond acceptors (Lipinski definition) is 4. The molecule has 0 rings (SSSR count). The maximum Gasteiger partial charge on any atom is 0.353 e. The number of hydrogen-bond donors (Lipinski definition) is 1. The van der Waals surface area contributed by atoms with Gasteiger partial charge >= 0.3 is 12.1 Å². The van der Waals surface area contributed by atoms with Crippen LogP contribution in [0.1, 0.15) is 19.8 Å². The normalized spacial score (nSPS) is 13.8. The Labute approximate surface area is 80.8 Å². The number of carbonyl (C=O) groups excluding carboxylic acids is 1. The highest BCUT2D eigenvalue weighted by Crippen LogP contribution is 2.14. The van der Waals surface area contributed by atoms with Crippen molar-refractivity contribution in [3.05, 3.63) is 0 Å². The molecule has 1 N–H and O–H groups in total. The average molecular weight is 212 g/mol. The van der Waals surface area contributed by atoms with E-state index in [0.717, 1.165) is 0 Å². The Morgan fingerprint density at radius 1 is 1.57 bits per heavy atom. The van der Waals surface area contributed by atoms with Gasteiger partial charge in [0.15, 0.2) is 0 Å². The Morgan fingerprint density at radius 2 is 2.14 bits per heavy atom. The molecule has 0 saturated carbocycles. The Hall–Kier alpha value is -0.750. The molecule has 0 aromatic carbocycles. The molecular weight excluding hydrogens is 198 g/mol. The van der Waals surface area contributed by atoms with Gasteiger partial charge in [0.1, 0.15) is 0 Å². The van der Waals surface area contributed by atoms with Gasteiger partial charge in [-0.25, -0.2) is 0 Å². The predicted molar refractivity (Wildman–Crippen MR) is 43.8 cm³/mol. The summed E-state index contributed by atoms with van der Waals surface area (Å²) in [6.07, 6.45) is -4.31. The van der Waals surface area contributed by atoms with E-state index in [1.807, 2.05) is 0 Å². The number of esters is 1. The first-order chi connectivity index (χ1) is 6.35. The van der Waals surface area contributed by atoms with E-state index in [0.29, 0.717) is 6.92 Å². The van der Waals surface area contributed by atoms with E-state index in [2.05, 4.69) is 9.47 Å². The summed E-state index contributed by atoms with van der Waals surface area (Å²) in [6.45, 7) is 0.0839. The molecule has 0 spiro atoms. The largest absolute Gasteiger partial charge is 0.469 e. The minimum Gasteiger partial charge on any atom is -0.469 e. The van der Waals surface area contributed by atoms with Crippen LogP contribution in [0.5, 0.6) is 0 Å². The topological polar surface area (TPSA) is 55.8 Å². The van der Waals surface area contributed by atoms with Crippen LogP contribution in [0.2, 0.25) is 0 Å². The van der Waals surface area contributed by atoms with Crippen LogP contribution in [0.4, 0.5) is 8.78 Å². The fourth-order valence-electron chi connectivity index (χ4n) is 0.712. The Kier molecular flexibility index (Phi) is 5.56. The summed E-state index contributed by atoms with van der Waals surface area (Å²) in [6, 6.07) is 0. The molecule has 0 saturated heterocycles. The summed E-state index contributed by atoms with van der Waals surface area (Å²) in [5, 5.41) is 9.09. The summed E-state index contributed by atoms with van der Waals surface area (Å²) < 4.78 is 32.6. The summed E-state index contributed by atoms with van der Waals surface area (Å²) in [5.41, 5.74) is 0. The van der Waals surface area contributed by atoms with Gasteiger partial charge in [0.2, 0.25) is 0 Å². The lowest BCUT2D eigenvalue weighted by atomic mass is 10.2. The number of halogens is 2. The molecule has 0 fully saturated rings. The van der Waals surface area contributed by atoms with E-state index in [1.54, 1.807) is 0 Å². The molecular formula is C8H14F2O4. The quantitative estimate of drug-likeness (QED) is 0.665. The van der Waals surface area contributed by atoms with Crippen molar-refractivity contribution in [1.29, 1.82) is 0 Å². The fourth-order valence-corrected chi connectivity index (χ4v) is 0.712. The molecule has 0 radical (unpaired) electrons. The van der Waals surface area contributed by atoms with Gasteiger partial charge in [-0.3, -0.25) is 4.79 Å². The van der Waals surface area contributed by atoms with E-state index in [1.165, 1.54) is 7.11 Å². The summed E-state index contributed by atoms with van der Waals surface area (Å²) in [4.78, 5) is 10.6. The molecule has 0 amide bonds. The predicted octanol–water partition coefficient (Wildman–Crippen LogP) is 0.930. The second-order valence-electron chi connectivity index (χ2n) is 2.89. The minimum absolute atomic E-state index is 0.0175. The van der Waals surface area contributed by atoms with Crippen molar-refractivity contribution in [3.8, 4) is 0 Å². The molecule has 4 nitrogen and oxygen atoms in total. The van der Waals surface area contributed by atoms with Crippen molar-refractivity contribution in [2.45, 2.75) is 32.0 Å². The molecule has 0 bridgehead atoms. The highest BCUT2D eigenvalue weighted by Gasteiger charge is 2.23. The molecule has 84 valence electrons. The minimum atomic E-state index is -3.26. The molecule has 0 aromatic heterocycles. The standard InChI is InChI=1S/C8H14F2O4/c1-8(9,10)14-5-6(11)3-4-7(12)13-2/h6,11H,3-5H2,1-2H3. The van der Waals surface area contributed by atoms with Crippen LogP contribution >= 0.6 is 0 Å². The molecule has 0 aromatic rings. The molecule has 0 aliphatic carbocycles. The fraction of sp³-hybridized carbons (Fsp3) is 0.875. The average Bonchev–Trinajstić information content (AvgIpc) is 2.09. The molecule has 6 heteroatoms. The molecule has 14 heavy (non-hydrogen) atoms. The van der Waals surface area contributed by atoms with E-state index in [9.17, 15) is 13.6 Å². The van der Waals surface area contributed by atoms with Crippen LogP contribution in [0.15, 0.2) is 0 Å². The number of ether oxygens (including phenoxy) is 2. The highest BCUT2D eigenvalue weighted by atomic mass is 19.3. The number of alkyl halides is 2. The second kappa shape index (κ2) is 5.87. The van der Waals surface area contributed by atoms with Crippen LogP contribution in [-0.4, -0.2) is 37.0 Å². The second-order valence-corrected chi connectivity index (χ2v) is 2.89. The van der Waals surface area contributed by atoms with E-state index >= 15 is 0 Å². The van der Waals surface area contributed by atoms with Crippen molar-refractivity contribution in [2.24, 2.45) is 0 Å². The van der Waals surface area contributed by atoms with Gasteiger partial charge in [-0.1, -0.05) is 0 Å². The zero-order valence-corrected chi connectivity index (χ0v) is 8.13. The summed E-state index contributed by atoms with van der Waals surface area (Å²) >= 11 is 0. The first-order valence-corrected chi connectivity index (χ1v) is 4.12. The molecule has 0 heterocycles. The first-order valence-electron chi connectivity index (χ1n) is 4.12. The lowest BCUT2D eigenvalue weighted by molar-refractivity contribution is -0.235. The highest BCUT2D eigenvalue weighted by molar-refractivity contribution is 5.69. The van der Waals surface area contributed by atoms with E-state index in [-0.39, 0.29) is 12.8 Å². The smallest absolute Gasteiger partial charge is 0.353 e. The number of carbonyl (C=O) groups is 1. The maximum atomic E-state index is 12.1. The van der Waals surface area contributed by atoms with Crippen molar-refractivity contribution in [2.75, 3.05) is 13.7 Å². The third kappa shape index (κ3) is 7.88. The zero-order chi connectivity index (χ0) is 11.2. The Bertz CT molecular complexity index is 179. The maximum absolute atomic E-state index is 12.1. The van der Waals surface area contributed by atoms with Gasteiger partial charge < -0.3 is 14.6 Å². The number of methoxy groups -OCH3 is 1. The summed E-state index contributed by atoms with van der Waals surface area (Å²) in [7, 11) is 1.21. The van der Waals surface area contributed by atoms with Crippen LogP contribution in [0, 0.1) is 0 Å². The van der Waals surface area contributed by atoms with Crippen LogP contribution < -0.4 is 0 Å².